The van der Waals surface area contributed by atoms with Crippen molar-refractivity contribution in [2.24, 2.45) is 170 Å². The lowest BCUT2D eigenvalue weighted by atomic mass is 9.56. The van der Waals surface area contributed by atoms with Crippen molar-refractivity contribution < 1.29 is 0 Å². The standard InChI is InChI=1S/2C11H20.4C10H18.2C9H16.4C8H14.2C7H12.C6H10.C5H8/c1-3-7-11(8-4-1)9-5-2-6-10-11;1-2-5-11-7-3-6-10(4-1)8-9-11;1-3-9-5-2-6-10(4-1)8-7-9;1-2-5-10-7-3-6-9(4-1)8-10;1-2-6-10(7-3-1)8-4-5-9-10;1-2-4-10-7-5-9(3-1)6-8-10;1-3-8-5-2-6-9(4-1)7-8;1-2-4-9-6-5-8(3-1)7-9;1-2-8-5-3-7(1)4-6-8;1-2-7-4-5-8(3-1)6-7;1-2-4-8-5-7(3-1)6-8;1-2-4-8(5-3-1)6-7-8;1-2-7-4-3-6(1)5-7;1-2-6-4-7(3-1)5-6;1-2-6-3-5(1)4-6;1-4-2-5(1)3-4/h1-10H2;10-11H,1-9H2;2*9-10H,1-8H2;1-9H2;9-10H,1-8H2;2*8-9H,1-7H2;3*7-8H,1-6H2;1-7H2;2*6-7H,1-5H2;5-6H,1-4H2;4-5H,1-3H2. The van der Waals surface area contributed by atoms with Crippen LogP contribution in [0.15, 0.2) is 0 Å². The molecule has 8 atom stereocenters. The summed E-state index contributed by atoms with van der Waals surface area (Å²) in [6, 6.07) is 0. The lowest BCUT2D eigenvalue weighted by Crippen LogP contribution is -2.38. The van der Waals surface area contributed by atoms with Gasteiger partial charge in [0.1, 0.15) is 0 Å². The number of hydrogen-bond acceptors (Lipinski definition) is 0. The molecular formula is C137H242. The molecule has 790 valence electrons. The summed E-state index contributed by atoms with van der Waals surface area (Å²) in [7, 11) is 0. The Morgan fingerprint density at radius 1 is 0.0657 bits per heavy atom. The van der Waals surface area contributed by atoms with Crippen LogP contribution in [0.2, 0.25) is 0 Å². The maximum atomic E-state index is 1.58. The third-order valence-electron chi connectivity index (χ3n) is 48.6. The van der Waals surface area contributed by atoms with Crippen LogP contribution in [-0.4, -0.2) is 0 Å². The van der Waals surface area contributed by atoms with E-state index in [1.807, 2.05) is 0 Å². The van der Waals surface area contributed by atoms with Crippen molar-refractivity contribution in [2.75, 3.05) is 0 Å². The van der Waals surface area contributed by atoms with Gasteiger partial charge in [0.2, 0.25) is 0 Å². The van der Waals surface area contributed by atoms with Crippen LogP contribution in [0.4, 0.5) is 0 Å². The van der Waals surface area contributed by atoms with Gasteiger partial charge in [0.25, 0.3) is 0 Å². The van der Waals surface area contributed by atoms with E-state index in [1.165, 1.54) is 265 Å². The topological polar surface area (TPSA) is 0 Å². The van der Waals surface area contributed by atoms with Crippen LogP contribution in [0.1, 0.15) is 693 Å². The molecule has 0 aliphatic heterocycles. The third kappa shape index (κ3) is 38.2. The van der Waals surface area contributed by atoms with E-state index in [4.69, 9.17) is 0 Å². The minimum atomic E-state index is 0.858. The number of fused-ring (bicyclic) bond motifs is 30. The summed E-state index contributed by atoms with van der Waals surface area (Å²) in [6.45, 7) is 0. The summed E-state index contributed by atoms with van der Waals surface area (Å²) >= 11 is 0. The van der Waals surface area contributed by atoms with Gasteiger partial charge < -0.3 is 0 Å². The van der Waals surface area contributed by atoms with E-state index >= 15 is 0 Å². The molecule has 0 N–H and O–H groups in total. The van der Waals surface area contributed by atoms with Crippen molar-refractivity contribution in [1.29, 1.82) is 0 Å². The fourth-order valence-corrected chi connectivity index (χ4v) is 38.4. The quantitative estimate of drug-likeness (QED) is 0.227. The molecule has 38 aliphatic carbocycles. The smallest absolute Gasteiger partial charge is 0.0297 e. The van der Waals surface area contributed by atoms with E-state index in [-0.39, 0.29) is 0 Å². The second kappa shape index (κ2) is 59.6. The van der Waals surface area contributed by atoms with E-state index in [9.17, 15) is 0 Å². The highest BCUT2D eigenvalue weighted by molar-refractivity contribution is 4.97. The first-order chi connectivity index (χ1) is 67.6. The van der Waals surface area contributed by atoms with Crippen LogP contribution < -0.4 is 0 Å². The molecule has 0 nitrogen and oxygen atoms in total. The van der Waals surface area contributed by atoms with Crippen LogP contribution in [0, 0.1) is 170 Å². The predicted molar refractivity (Wildman–Crippen MR) is 597 cm³/mol. The van der Waals surface area contributed by atoms with Gasteiger partial charge in [0.05, 0.1) is 0 Å². The van der Waals surface area contributed by atoms with Crippen molar-refractivity contribution in [2.45, 2.75) is 693 Å². The van der Waals surface area contributed by atoms with Gasteiger partial charge in [-0.3, -0.25) is 0 Å². The highest BCUT2D eigenvalue weighted by atomic mass is 14.5. The molecule has 0 radical (unpaired) electrons. The van der Waals surface area contributed by atoms with E-state index in [0.717, 1.165) is 111 Å². The molecule has 26 bridgehead atoms. The average molecular weight is 1890 g/mol. The first kappa shape index (κ1) is 108. The van der Waals surface area contributed by atoms with Crippen LogP contribution in [0.5, 0.6) is 0 Å². The van der Waals surface area contributed by atoms with E-state index in [0.29, 0.717) is 0 Å². The average Bonchev–Trinajstić information content (AvgIpc) is 1.77. The van der Waals surface area contributed by atoms with Crippen LogP contribution >= 0.6 is 0 Å². The summed E-state index contributed by atoms with van der Waals surface area (Å²) in [5.74, 6) is 30.1. The second-order valence-electron chi connectivity index (χ2n) is 59.1. The maximum Gasteiger partial charge on any atom is -0.0297 e. The Bertz CT molecular complexity index is 2790. The molecule has 38 fully saturated rings. The van der Waals surface area contributed by atoms with Crippen molar-refractivity contribution in [3.63, 3.8) is 0 Å². The Labute approximate surface area is 857 Å². The van der Waals surface area contributed by atoms with E-state index < -0.39 is 0 Å². The zero-order chi connectivity index (χ0) is 92.9. The van der Waals surface area contributed by atoms with Gasteiger partial charge in [0.15, 0.2) is 0 Å². The Balaban J connectivity index is 0.000000102. The van der Waals surface area contributed by atoms with E-state index in [1.54, 1.807) is 488 Å². The van der Waals surface area contributed by atoms with Gasteiger partial charge in [-0.1, -0.05) is 527 Å². The van der Waals surface area contributed by atoms with Gasteiger partial charge in [-0.05, 0) is 337 Å². The Kier molecular flexibility index (Phi) is 47.1. The van der Waals surface area contributed by atoms with Crippen molar-refractivity contribution in [1.82, 2.24) is 0 Å². The normalized spacial score (nSPS) is 41.5. The summed E-state index contributed by atoms with van der Waals surface area (Å²) in [5, 5.41) is 0. The molecule has 0 aromatic carbocycles. The van der Waals surface area contributed by atoms with Gasteiger partial charge >= 0.3 is 0 Å². The molecule has 3 spiro atoms. The summed E-state index contributed by atoms with van der Waals surface area (Å²) in [4.78, 5) is 0. The number of rotatable bonds is 0. The SMILES string of the molecule is C1C2CC1C2.C1CC2CC(C1)C2.C1CC2CC1C2.C1CC2CCC(C1)C2.C1CC2CCC1C2.C1CC2CCC1CC2.C1CC2CCCC(C1)C2.C1CC2CCCC(C1)CC2.C1CCC2(CC1)CC2.C1CCC2(CC1)CCCC2.C1CCC2(CC1)CCCCC2.C1CCC2CC(C1)C2.C1CCC2CCC(C1)C2.C1CCC2CCC(C1)CC2.C1CCC2CCCC(C1)C2.C1CCC2CCCC(C1)CC2. The lowest BCUT2D eigenvalue weighted by molar-refractivity contribution is 0.0198. The third-order valence-corrected chi connectivity index (χ3v) is 48.6. The molecule has 0 aromatic rings. The van der Waals surface area contributed by atoms with E-state index in [2.05, 4.69) is 0 Å². The predicted octanol–water partition coefficient (Wildman–Crippen LogP) is 45.3. The van der Waals surface area contributed by atoms with Crippen LogP contribution in [0.3, 0.4) is 0 Å². The molecule has 0 heterocycles. The molecule has 0 amide bonds. The Morgan fingerprint density at radius 3 is 0.328 bits per heavy atom. The van der Waals surface area contributed by atoms with Gasteiger partial charge in [-0.15, -0.1) is 0 Å². The minimum absolute atomic E-state index is 0.858. The molecule has 0 aromatic heterocycles. The highest BCUT2D eigenvalue weighted by Gasteiger charge is 2.45. The molecular weight excluding hydrogens is 1650 g/mol. The van der Waals surface area contributed by atoms with Crippen molar-refractivity contribution in [3.05, 3.63) is 0 Å². The Hall–Kier alpha value is 0. The first-order valence-electron chi connectivity index (χ1n) is 67.6. The Morgan fingerprint density at radius 2 is 0.161 bits per heavy atom. The highest BCUT2D eigenvalue weighted by Crippen LogP contribution is 2.58. The zero-order valence-corrected chi connectivity index (χ0v) is 92.9. The second-order valence-corrected chi connectivity index (χ2v) is 59.1. The zero-order valence-electron chi connectivity index (χ0n) is 92.9. The molecule has 0 heteroatoms. The monoisotopic (exact) mass is 1890 g/mol. The minimum Gasteiger partial charge on any atom is -0.0533 e. The largest absolute Gasteiger partial charge is 0.0533 e. The molecule has 137 heavy (non-hydrogen) atoms. The maximum absolute atomic E-state index is 1.58. The first-order valence-corrected chi connectivity index (χ1v) is 67.6. The molecule has 38 saturated carbocycles. The molecule has 8 unspecified atom stereocenters. The molecule has 38 rings (SSSR count). The van der Waals surface area contributed by atoms with Crippen molar-refractivity contribution in [3.8, 4) is 0 Å². The van der Waals surface area contributed by atoms with Gasteiger partial charge in [-0.2, -0.15) is 0 Å². The van der Waals surface area contributed by atoms with Gasteiger partial charge in [0, 0.05) is 0 Å². The summed E-state index contributed by atoms with van der Waals surface area (Å²) in [6.07, 6.45) is 168. The lowest BCUT2D eigenvalue weighted by Gasteiger charge is -2.49. The van der Waals surface area contributed by atoms with Crippen LogP contribution in [0.25, 0.3) is 0 Å². The fourth-order valence-electron chi connectivity index (χ4n) is 38.4. The van der Waals surface area contributed by atoms with Crippen molar-refractivity contribution >= 4 is 0 Å². The summed E-state index contributed by atoms with van der Waals surface area (Å²) in [5.41, 5.74) is 2.66. The number of hydrogen-bond donors (Lipinski definition) is 0. The van der Waals surface area contributed by atoms with Gasteiger partial charge in [-0.25, -0.2) is 0 Å². The summed E-state index contributed by atoms with van der Waals surface area (Å²) < 4.78 is 0. The molecule has 0 saturated heterocycles. The fraction of sp³-hybridized carbons (Fsp3) is 1.00. The molecule has 38 aliphatic rings. The van der Waals surface area contributed by atoms with Crippen LogP contribution in [-0.2, 0) is 0 Å².